The maximum Gasteiger partial charge on any atom is 0.330 e. The van der Waals surface area contributed by atoms with Gasteiger partial charge in [-0.25, -0.2) is 4.79 Å². The predicted octanol–water partition coefficient (Wildman–Crippen LogP) is 10.3. The summed E-state index contributed by atoms with van der Waals surface area (Å²) in [4.78, 5) is 44.4. The minimum absolute atomic E-state index is 0.149. The summed E-state index contributed by atoms with van der Waals surface area (Å²) in [5.74, 6) is -0.526. The van der Waals surface area contributed by atoms with Crippen molar-refractivity contribution >= 4 is 5.91 Å². The fraction of sp³-hybridized carbons (Fsp3) is 0.549. The molecule has 2 heterocycles. The summed E-state index contributed by atoms with van der Waals surface area (Å²) in [5, 5.41) is 13.4. The van der Waals surface area contributed by atoms with Crippen LogP contribution in [0.2, 0.25) is 0 Å². The van der Waals surface area contributed by atoms with E-state index in [4.69, 9.17) is 4.74 Å². The van der Waals surface area contributed by atoms with Crippen LogP contribution in [0.4, 0.5) is 0 Å². The SMILES string of the molecule is CCCCCCCCCCCCCCCCCCCCCCNC(=O)c1cn([C@H]2CN(C(c3ccccc3)(c3ccccc3)c3ccccc3)C[C@@H](CO)O2)c(=O)[nH]c1=O. The van der Waals surface area contributed by atoms with Gasteiger partial charge in [-0.3, -0.25) is 24.0 Å². The van der Waals surface area contributed by atoms with E-state index in [9.17, 15) is 19.5 Å². The highest BCUT2D eigenvalue weighted by Gasteiger charge is 2.46. The van der Waals surface area contributed by atoms with Gasteiger partial charge in [-0.15, -0.1) is 0 Å². The number of aliphatic hydroxyl groups is 1. The first kappa shape index (κ1) is 46.8. The molecule has 1 aromatic heterocycles. The highest BCUT2D eigenvalue weighted by molar-refractivity contribution is 5.93. The first-order valence-corrected chi connectivity index (χ1v) is 23.3. The Balaban J connectivity index is 1.10. The molecule has 0 unspecified atom stereocenters. The standard InChI is InChI=1S/C51H72N4O5/c1-2-3-4-5-6-7-8-9-10-11-12-13-14-15-16-17-18-19-20-30-37-52-48(57)46-39-55(50(59)53-49(46)58)47-40-54(38-45(41-56)60-47)51(42-31-24-21-25-32-42,43-33-26-22-27-34-43)44-35-28-23-29-36-44/h21-29,31-36,39,45,47,56H,2-20,30,37-38,40-41H2,1H3,(H,52,57)(H,53,58,59)/t45-,47+/m0/s1. The van der Waals surface area contributed by atoms with E-state index in [2.05, 4.69) is 58.5 Å². The average Bonchev–Trinajstić information content (AvgIpc) is 3.28. The average molecular weight is 821 g/mol. The first-order valence-electron chi connectivity index (χ1n) is 23.3. The summed E-state index contributed by atoms with van der Waals surface area (Å²) in [5.41, 5.74) is 0.645. The van der Waals surface area contributed by atoms with Crippen molar-refractivity contribution in [2.45, 2.75) is 153 Å². The van der Waals surface area contributed by atoms with Crippen molar-refractivity contribution < 1.29 is 14.6 Å². The fourth-order valence-corrected chi connectivity index (χ4v) is 8.97. The third kappa shape index (κ3) is 13.6. The molecule has 1 aliphatic rings. The number of aromatic nitrogens is 2. The van der Waals surface area contributed by atoms with E-state index in [1.54, 1.807) is 0 Å². The number of carbonyl (C=O) groups is 1. The zero-order valence-corrected chi connectivity index (χ0v) is 36.3. The second-order valence-corrected chi connectivity index (χ2v) is 16.8. The van der Waals surface area contributed by atoms with Crippen molar-refractivity contribution in [1.29, 1.82) is 0 Å². The topological polar surface area (TPSA) is 117 Å². The number of unbranched alkanes of at least 4 members (excludes halogenated alkanes) is 19. The van der Waals surface area contributed by atoms with Crippen molar-refractivity contribution in [3.8, 4) is 0 Å². The number of ether oxygens (including phenoxy) is 1. The lowest BCUT2D eigenvalue weighted by Crippen LogP contribution is -2.58. The van der Waals surface area contributed by atoms with Crippen molar-refractivity contribution in [3.63, 3.8) is 0 Å². The lowest BCUT2D eigenvalue weighted by Gasteiger charge is -2.50. The number of amides is 1. The first-order chi connectivity index (χ1) is 29.5. The Morgan fingerprint density at radius 3 is 1.48 bits per heavy atom. The number of H-pyrrole nitrogens is 1. The van der Waals surface area contributed by atoms with Crippen LogP contribution >= 0.6 is 0 Å². The largest absolute Gasteiger partial charge is 0.394 e. The van der Waals surface area contributed by atoms with Gasteiger partial charge in [0, 0.05) is 25.8 Å². The number of rotatable bonds is 28. The molecule has 0 aliphatic carbocycles. The van der Waals surface area contributed by atoms with Crippen LogP contribution in [0.1, 0.15) is 169 Å². The van der Waals surface area contributed by atoms with Gasteiger partial charge in [0.1, 0.15) is 5.56 Å². The second-order valence-electron chi connectivity index (χ2n) is 16.8. The number of nitrogens with one attached hydrogen (secondary N) is 2. The molecular formula is C51H72N4O5. The minimum Gasteiger partial charge on any atom is -0.394 e. The summed E-state index contributed by atoms with van der Waals surface area (Å²) in [7, 11) is 0. The number of hydrogen-bond donors (Lipinski definition) is 3. The Hall–Kier alpha value is -4.31. The molecule has 9 heteroatoms. The Kier molecular flexibility index (Phi) is 20.4. The van der Waals surface area contributed by atoms with Crippen LogP contribution in [-0.2, 0) is 10.3 Å². The molecule has 1 amide bonds. The van der Waals surface area contributed by atoms with Crippen molar-refractivity contribution in [2.75, 3.05) is 26.2 Å². The number of benzene rings is 3. The molecule has 0 saturated carbocycles. The van der Waals surface area contributed by atoms with Crippen LogP contribution in [0, 0.1) is 0 Å². The van der Waals surface area contributed by atoms with Gasteiger partial charge in [0.25, 0.3) is 11.5 Å². The van der Waals surface area contributed by atoms with Crippen LogP contribution in [0.25, 0.3) is 0 Å². The summed E-state index contributed by atoms with van der Waals surface area (Å²) in [6.45, 7) is 3.02. The van der Waals surface area contributed by atoms with Gasteiger partial charge in [0.15, 0.2) is 6.23 Å². The molecule has 0 radical (unpaired) electrons. The number of carbonyl (C=O) groups excluding carboxylic acids is 1. The van der Waals surface area contributed by atoms with Crippen LogP contribution in [-0.4, -0.2) is 57.8 Å². The van der Waals surface area contributed by atoms with Crippen LogP contribution in [0.5, 0.6) is 0 Å². The highest BCUT2D eigenvalue weighted by Crippen LogP contribution is 2.44. The minimum atomic E-state index is -0.910. The van der Waals surface area contributed by atoms with E-state index >= 15 is 0 Å². The zero-order chi connectivity index (χ0) is 42.3. The number of morpholine rings is 1. The Labute approximate surface area is 359 Å². The van der Waals surface area contributed by atoms with Crippen molar-refractivity contribution in [1.82, 2.24) is 19.8 Å². The molecule has 1 fully saturated rings. The molecule has 4 aromatic rings. The highest BCUT2D eigenvalue weighted by atomic mass is 16.5. The monoisotopic (exact) mass is 821 g/mol. The van der Waals surface area contributed by atoms with E-state index in [0.717, 1.165) is 36.0 Å². The third-order valence-electron chi connectivity index (χ3n) is 12.2. The molecule has 3 N–H and O–H groups in total. The molecule has 0 spiro atoms. The fourth-order valence-electron chi connectivity index (χ4n) is 8.97. The van der Waals surface area contributed by atoms with Crippen LogP contribution < -0.4 is 16.6 Å². The normalized spacial score (nSPS) is 15.9. The number of aromatic amines is 1. The zero-order valence-electron chi connectivity index (χ0n) is 36.3. The van der Waals surface area contributed by atoms with Gasteiger partial charge in [-0.2, -0.15) is 0 Å². The quantitative estimate of drug-likeness (QED) is 0.0388. The molecule has 5 rings (SSSR count). The van der Waals surface area contributed by atoms with Crippen molar-refractivity contribution in [3.05, 3.63) is 140 Å². The van der Waals surface area contributed by atoms with E-state index in [-0.39, 0.29) is 18.7 Å². The third-order valence-corrected chi connectivity index (χ3v) is 12.2. The molecule has 0 bridgehead atoms. The van der Waals surface area contributed by atoms with Gasteiger partial charge in [0.2, 0.25) is 0 Å². The molecule has 1 saturated heterocycles. The summed E-state index contributed by atoms with van der Waals surface area (Å²) >= 11 is 0. The van der Waals surface area contributed by atoms with Gasteiger partial charge in [0.05, 0.1) is 18.2 Å². The van der Waals surface area contributed by atoms with Gasteiger partial charge >= 0.3 is 5.69 Å². The molecule has 3 aromatic carbocycles. The molecule has 9 nitrogen and oxygen atoms in total. The van der Waals surface area contributed by atoms with E-state index in [1.165, 1.54) is 120 Å². The molecule has 2 atom stereocenters. The smallest absolute Gasteiger partial charge is 0.330 e. The lowest BCUT2D eigenvalue weighted by atomic mass is 9.75. The summed E-state index contributed by atoms with van der Waals surface area (Å²) in [6.07, 6.45) is 25.9. The Bertz CT molecular complexity index is 1800. The van der Waals surface area contributed by atoms with Gasteiger partial charge in [-0.05, 0) is 23.1 Å². The Morgan fingerprint density at radius 2 is 1.07 bits per heavy atom. The van der Waals surface area contributed by atoms with Crippen molar-refractivity contribution in [2.24, 2.45) is 0 Å². The van der Waals surface area contributed by atoms with Crippen LogP contribution in [0.15, 0.2) is 107 Å². The van der Waals surface area contributed by atoms with E-state index in [1.807, 2.05) is 54.6 Å². The molecule has 60 heavy (non-hydrogen) atoms. The number of aliphatic hydroxyl groups excluding tert-OH is 1. The molecular weight excluding hydrogens is 749 g/mol. The Morgan fingerprint density at radius 1 is 0.650 bits per heavy atom. The number of hydrogen-bond acceptors (Lipinski definition) is 6. The maximum atomic E-state index is 13.4. The van der Waals surface area contributed by atoms with Gasteiger partial charge < -0.3 is 15.2 Å². The predicted molar refractivity (Wildman–Crippen MR) is 243 cm³/mol. The molecule has 1 aliphatic heterocycles. The molecule has 326 valence electrons. The van der Waals surface area contributed by atoms with Gasteiger partial charge in [-0.1, -0.05) is 220 Å². The second kappa shape index (κ2) is 26.1. The summed E-state index contributed by atoms with van der Waals surface area (Å²) < 4.78 is 7.62. The summed E-state index contributed by atoms with van der Waals surface area (Å²) in [6, 6.07) is 30.6. The van der Waals surface area contributed by atoms with E-state index in [0.29, 0.717) is 13.1 Å². The maximum absolute atomic E-state index is 13.4. The lowest BCUT2D eigenvalue weighted by molar-refractivity contribution is -0.151. The van der Waals surface area contributed by atoms with Crippen LogP contribution in [0.3, 0.4) is 0 Å². The van der Waals surface area contributed by atoms with E-state index < -0.39 is 35.0 Å². The number of nitrogens with zero attached hydrogens (tertiary/aromatic N) is 2.